The van der Waals surface area contributed by atoms with E-state index in [1.165, 1.54) is 18.3 Å². The monoisotopic (exact) mass is 440 g/mol. The number of amides is 2. The molecule has 1 aromatic carbocycles. The first-order valence-electron chi connectivity index (χ1n) is 10.8. The number of carbonyl (C=O) groups is 1. The summed E-state index contributed by atoms with van der Waals surface area (Å²) in [7, 11) is 0. The van der Waals surface area contributed by atoms with Crippen molar-refractivity contribution in [2.24, 2.45) is 5.92 Å². The van der Waals surface area contributed by atoms with Crippen molar-refractivity contribution in [3.8, 4) is 0 Å². The van der Waals surface area contributed by atoms with E-state index in [9.17, 15) is 18.7 Å². The Labute approximate surface area is 182 Å². The molecule has 32 heavy (non-hydrogen) atoms. The lowest BCUT2D eigenvalue weighted by atomic mass is 10.0. The maximum absolute atomic E-state index is 14.7. The normalized spacial score (nSPS) is 26.6. The van der Waals surface area contributed by atoms with Crippen molar-refractivity contribution < 1.29 is 18.7 Å². The molecule has 10 heteroatoms. The van der Waals surface area contributed by atoms with Crippen molar-refractivity contribution in [3.63, 3.8) is 0 Å². The summed E-state index contributed by atoms with van der Waals surface area (Å²) in [4.78, 5) is 20.4. The number of benzene rings is 1. The molecule has 3 atom stereocenters. The van der Waals surface area contributed by atoms with E-state index in [-0.39, 0.29) is 18.5 Å². The number of carbonyl (C=O) groups excluding carboxylic acids is 1. The highest BCUT2D eigenvalue weighted by molar-refractivity contribution is 5.89. The van der Waals surface area contributed by atoms with Crippen molar-refractivity contribution in [1.82, 2.24) is 19.5 Å². The van der Waals surface area contributed by atoms with Crippen LogP contribution in [-0.4, -0.2) is 56.4 Å². The van der Waals surface area contributed by atoms with Crippen LogP contribution in [0.25, 0.3) is 5.65 Å². The van der Waals surface area contributed by atoms with Gasteiger partial charge in [-0.15, -0.1) is 5.10 Å². The first-order valence-corrected chi connectivity index (χ1v) is 10.8. The molecule has 2 N–H and O–H groups in total. The molecule has 4 heterocycles. The Balaban J connectivity index is 1.33. The molecule has 2 aliphatic heterocycles. The summed E-state index contributed by atoms with van der Waals surface area (Å²) >= 11 is 0. The largest absolute Gasteiger partial charge is 0.391 e. The average molecular weight is 440 g/mol. The third kappa shape index (κ3) is 2.85. The summed E-state index contributed by atoms with van der Waals surface area (Å²) in [6, 6.07) is 6.90. The van der Waals surface area contributed by atoms with Crippen molar-refractivity contribution in [2.45, 2.75) is 30.9 Å². The summed E-state index contributed by atoms with van der Waals surface area (Å²) in [5.74, 6) is 0.408. The number of urea groups is 1. The lowest BCUT2D eigenvalue weighted by molar-refractivity contribution is 0.176. The number of β-amino-alcohol motifs (C(OH)–C–C–N with tert-alkyl or cyclic N) is 1. The Kier molecular flexibility index (Phi) is 4.16. The number of halogens is 2. The first-order chi connectivity index (χ1) is 15.5. The number of aromatic nitrogens is 3. The maximum atomic E-state index is 14.7. The number of aliphatic hydroxyl groups is 1. The number of nitrogens with zero attached hydrogens (tertiary/aromatic N) is 5. The molecule has 2 amide bonds. The van der Waals surface area contributed by atoms with E-state index >= 15 is 0 Å². The molecule has 3 fully saturated rings. The maximum Gasteiger partial charge on any atom is 0.323 e. The third-order valence-corrected chi connectivity index (χ3v) is 6.96. The molecule has 8 nitrogen and oxygen atoms in total. The van der Waals surface area contributed by atoms with Gasteiger partial charge in [-0.2, -0.15) is 4.52 Å². The summed E-state index contributed by atoms with van der Waals surface area (Å²) in [6.07, 6.45) is 3.20. The van der Waals surface area contributed by atoms with Gasteiger partial charge in [0.05, 0.1) is 17.8 Å². The Morgan fingerprint density at radius 3 is 2.84 bits per heavy atom. The lowest BCUT2D eigenvalue weighted by Gasteiger charge is -2.30. The van der Waals surface area contributed by atoms with Gasteiger partial charge in [0.25, 0.3) is 0 Å². The fourth-order valence-electron chi connectivity index (χ4n) is 5.30. The van der Waals surface area contributed by atoms with Crippen molar-refractivity contribution in [1.29, 1.82) is 0 Å². The van der Waals surface area contributed by atoms with Crippen LogP contribution in [0.3, 0.4) is 0 Å². The molecule has 3 aromatic rings. The molecule has 6 rings (SSSR count). The fraction of sp³-hybridized carbons (Fsp3) is 0.409. The quantitative estimate of drug-likeness (QED) is 0.654. The highest BCUT2D eigenvalue weighted by Crippen LogP contribution is 2.63. The Morgan fingerprint density at radius 2 is 2.06 bits per heavy atom. The number of likely N-dealkylation sites (tertiary alicyclic amines) is 1. The zero-order valence-corrected chi connectivity index (χ0v) is 17.2. The van der Waals surface area contributed by atoms with Gasteiger partial charge in [-0.25, -0.2) is 18.6 Å². The van der Waals surface area contributed by atoms with Gasteiger partial charge in [-0.3, -0.25) is 5.32 Å². The van der Waals surface area contributed by atoms with Gasteiger partial charge >= 0.3 is 6.03 Å². The molecule has 2 aromatic heterocycles. The number of rotatable bonds is 3. The minimum atomic E-state index is -0.595. The SMILES string of the molecule is O=C(Nc1cnc2ccc(N3CC[C@H]4C[C@]43c3cc(F)ccc3F)nn12)N1CCC(O)C1. The second-order valence-electron chi connectivity index (χ2n) is 8.81. The molecule has 1 unspecified atom stereocenters. The van der Waals surface area contributed by atoms with Crippen LogP contribution in [0.5, 0.6) is 0 Å². The van der Waals surface area contributed by atoms with E-state index < -0.39 is 23.3 Å². The average Bonchev–Trinajstić information content (AvgIpc) is 3.10. The predicted octanol–water partition coefficient (Wildman–Crippen LogP) is 2.73. The number of aliphatic hydroxyl groups excluding tert-OH is 1. The van der Waals surface area contributed by atoms with Gasteiger partial charge in [-0.05, 0) is 55.5 Å². The fourth-order valence-corrected chi connectivity index (χ4v) is 5.30. The molecule has 0 spiro atoms. The molecule has 3 aliphatic rings. The summed E-state index contributed by atoms with van der Waals surface area (Å²) < 4.78 is 30.2. The van der Waals surface area contributed by atoms with Crippen LogP contribution in [0.4, 0.5) is 25.2 Å². The van der Waals surface area contributed by atoms with Crippen LogP contribution in [-0.2, 0) is 5.54 Å². The highest BCUT2D eigenvalue weighted by atomic mass is 19.1. The molecule has 2 saturated heterocycles. The molecule has 1 saturated carbocycles. The molecular formula is C22H22F2N6O2. The Bertz CT molecular complexity index is 1230. The van der Waals surface area contributed by atoms with Crippen LogP contribution in [0, 0.1) is 17.6 Å². The number of imidazole rings is 1. The number of piperidine rings is 1. The highest BCUT2D eigenvalue weighted by Gasteiger charge is 2.64. The standard InChI is InChI=1S/C22H22F2N6O2/c23-14-1-2-17(24)16(9-14)22-10-13(22)5-8-29(22)19-4-3-18-25-11-20(30(18)27-19)26-21(32)28-7-6-15(31)12-28/h1-4,9,11,13,15,31H,5-8,10,12H2,(H,26,32)/t13-,15?,22+/m0/s1. The van der Waals surface area contributed by atoms with Crippen LogP contribution in [0.15, 0.2) is 36.5 Å². The van der Waals surface area contributed by atoms with E-state index in [1.54, 1.807) is 15.5 Å². The predicted molar refractivity (Wildman–Crippen MR) is 112 cm³/mol. The van der Waals surface area contributed by atoms with Gasteiger partial charge in [0, 0.05) is 25.2 Å². The van der Waals surface area contributed by atoms with Gasteiger partial charge < -0.3 is 14.9 Å². The number of fused-ring (bicyclic) bond motifs is 2. The number of hydrogen-bond acceptors (Lipinski definition) is 5. The lowest BCUT2D eigenvalue weighted by Crippen LogP contribution is -2.35. The van der Waals surface area contributed by atoms with E-state index in [4.69, 9.17) is 5.10 Å². The minimum absolute atomic E-state index is 0.250. The van der Waals surface area contributed by atoms with Crippen LogP contribution in [0.2, 0.25) is 0 Å². The van der Waals surface area contributed by atoms with E-state index in [0.29, 0.717) is 42.4 Å². The van der Waals surface area contributed by atoms with Crippen molar-refractivity contribution in [3.05, 3.63) is 53.7 Å². The number of hydrogen-bond donors (Lipinski definition) is 2. The van der Waals surface area contributed by atoms with Crippen LogP contribution >= 0.6 is 0 Å². The molecule has 0 bridgehead atoms. The van der Waals surface area contributed by atoms with Gasteiger partial charge in [0.2, 0.25) is 0 Å². The van der Waals surface area contributed by atoms with E-state index in [1.807, 2.05) is 11.0 Å². The van der Waals surface area contributed by atoms with Crippen LogP contribution in [0.1, 0.15) is 24.8 Å². The summed E-state index contributed by atoms with van der Waals surface area (Å²) in [6.45, 7) is 1.46. The second kappa shape index (κ2) is 6.86. The van der Waals surface area contributed by atoms with Crippen molar-refractivity contribution >= 4 is 23.3 Å². The van der Waals surface area contributed by atoms with Gasteiger partial charge in [-0.1, -0.05) is 0 Å². The molecule has 0 radical (unpaired) electrons. The van der Waals surface area contributed by atoms with Crippen LogP contribution < -0.4 is 10.2 Å². The third-order valence-electron chi connectivity index (χ3n) is 6.96. The van der Waals surface area contributed by atoms with Gasteiger partial charge in [0.15, 0.2) is 11.5 Å². The zero-order valence-electron chi connectivity index (χ0n) is 17.2. The topological polar surface area (TPSA) is 86.0 Å². The molecule has 1 aliphatic carbocycles. The Hall–Kier alpha value is -3.27. The Morgan fingerprint density at radius 1 is 1.19 bits per heavy atom. The number of anilines is 2. The van der Waals surface area contributed by atoms with Gasteiger partial charge in [0.1, 0.15) is 17.5 Å². The summed E-state index contributed by atoms with van der Waals surface area (Å²) in [5.41, 5.74) is 0.333. The first kappa shape index (κ1) is 19.4. The smallest absolute Gasteiger partial charge is 0.323 e. The van der Waals surface area contributed by atoms with E-state index in [2.05, 4.69) is 10.3 Å². The molecule has 166 valence electrons. The molecular weight excluding hydrogens is 418 g/mol. The minimum Gasteiger partial charge on any atom is -0.391 e. The van der Waals surface area contributed by atoms with Crippen molar-refractivity contribution in [2.75, 3.05) is 29.9 Å². The second-order valence-corrected chi connectivity index (χ2v) is 8.81. The zero-order chi connectivity index (χ0) is 22.0. The summed E-state index contributed by atoms with van der Waals surface area (Å²) in [5, 5.41) is 17.2. The number of nitrogens with one attached hydrogen (secondary N) is 1. The van der Waals surface area contributed by atoms with E-state index in [0.717, 1.165) is 18.9 Å².